The average molecular weight is 194 g/mol. The molecule has 1 aromatic rings. The predicted octanol–water partition coefficient (Wildman–Crippen LogP) is 2.59. The molecule has 2 nitrogen and oxygen atoms in total. The molecule has 2 rings (SSSR count). The highest BCUT2D eigenvalue weighted by molar-refractivity contribution is 5.70. The van der Waals surface area contributed by atoms with Crippen LogP contribution in [0.3, 0.4) is 0 Å². The Balaban J connectivity index is 2.17. The molecule has 0 spiro atoms. The zero-order chi connectivity index (χ0) is 9.97. The second kappa shape index (κ2) is 3.78. The van der Waals surface area contributed by atoms with E-state index in [2.05, 4.69) is 0 Å². The number of halogens is 1. The average Bonchev–Trinajstić information content (AvgIpc) is 2.18. The van der Waals surface area contributed by atoms with Crippen molar-refractivity contribution in [2.75, 3.05) is 0 Å². The molecule has 3 heteroatoms. The molecule has 1 aromatic carbocycles. The van der Waals surface area contributed by atoms with Crippen LogP contribution in [0.15, 0.2) is 24.3 Å². The molecule has 0 radical (unpaired) electrons. The van der Waals surface area contributed by atoms with Gasteiger partial charge in [-0.05, 0) is 30.5 Å². The van der Waals surface area contributed by atoms with E-state index in [1.165, 1.54) is 12.1 Å². The summed E-state index contributed by atoms with van der Waals surface area (Å²) in [6.45, 7) is 0. The Labute approximate surface area is 81.7 Å². The van der Waals surface area contributed by atoms with Gasteiger partial charge in [0.1, 0.15) is 11.9 Å². The van der Waals surface area contributed by atoms with Crippen molar-refractivity contribution in [3.05, 3.63) is 35.6 Å². The van der Waals surface area contributed by atoms with Crippen LogP contribution in [-0.4, -0.2) is 5.97 Å². The van der Waals surface area contributed by atoms with Gasteiger partial charge in [0.05, 0.1) is 0 Å². The van der Waals surface area contributed by atoms with Gasteiger partial charge in [0, 0.05) is 6.42 Å². The highest BCUT2D eigenvalue weighted by Crippen LogP contribution is 2.28. The molecule has 0 aromatic heterocycles. The van der Waals surface area contributed by atoms with Crippen LogP contribution in [-0.2, 0) is 9.53 Å². The molecule has 0 bridgehead atoms. The number of ether oxygens (including phenoxy) is 1. The lowest BCUT2D eigenvalue weighted by atomic mass is 10.0. The first-order valence-electron chi connectivity index (χ1n) is 4.70. The topological polar surface area (TPSA) is 26.3 Å². The van der Waals surface area contributed by atoms with E-state index in [0.717, 1.165) is 18.4 Å². The lowest BCUT2D eigenvalue weighted by Crippen LogP contribution is -2.16. The summed E-state index contributed by atoms with van der Waals surface area (Å²) in [6, 6.07) is 6.22. The van der Waals surface area contributed by atoms with Crippen LogP contribution in [0.4, 0.5) is 4.39 Å². The van der Waals surface area contributed by atoms with Gasteiger partial charge in [-0.3, -0.25) is 4.79 Å². The number of hydrogen-bond acceptors (Lipinski definition) is 2. The molecule has 1 unspecified atom stereocenters. The summed E-state index contributed by atoms with van der Waals surface area (Å²) in [7, 11) is 0. The second-order valence-electron chi connectivity index (χ2n) is 3.43. The van der Waals surface area contributed by atoms with Crippen molar-refractivity contribution >= 4 is 5.97 Å². The van der Waals surface area contributed by atoms with E-state index < -0.39 is 0 Å². The Kier molecular flexibility index (Phi) is 2.48. The van der Waals surface area contributed by atoms with E-state index in [4.69, 9.17) is 4.74 Å². The highest BCUT2D eigenvalue weighted by Gasteiger charge is 2.21. The minimum Gasteiger partial charge on any atom is -0.457 e. The zero-order valence-corrected chi connectivity index (χ0v) is 7.70. The number of benzene rings is 1. The second-order valence-corrected chi connectivity index (χ2v) is 3.43. The van der Waals surface area contributed by atoms with Gasteiger partial charge in [-0.15, -0.1) is 0 Å². The molecule has 1 heterocycles. The van der Waals surface area contributed by atoms with Gasteiger partial charge >= 0.3 is 5.97 Å². The van der Waals surface area contributed by atoms with Gasteiger partial charge in [0.15, 0.2) is 0 Å². The van der Waals surface area contributed by atoms with Crippen LogP contribution in [0.25, 0.3) is 0 Å². The van der Waals surface area contributed by atoms with E-state index in [9.17, 15) is 9.18 Å². The molecule has 0 aliphatic carbocycles. The van der Waals surface area contributed by atoms with Gasteiger partial charge in [-0.2, -0.15) is 0 Å². The summed E-state index contributed by atoms with van der Waals surface area (Å²) in [4.78, 5) is 11.0. The third-order valence-electron chi connectivity index (χ3n) is 2.34. The van der Waals surface area contributed by atoms with Gasteiger partial charge in [0.25, 0.3) is 0 Å². The number of carbonyl (C=O) groups excluding carboxylic acids is 1. The van der Waals surface area contributed by atoms with Gasteiger partial charge in [-0.1, -0.05) is 12.1 Å². The quantitative estimate of drug-likeness (QED) is 0.642. The molecule has 0 N–H and O–H groups in total. The smallest absolute Gasteiger partial charge is 0.306 e. The summed E-state index contributed by atoms with van der Waals surface area (Å²) in [5, 5.41) is 0. The van der Waals surface area contributed by atoms with Gasteiger partial charge < -0.3 is 4.74 Å². The third kappa shape index (κ3) is 1.92. The third-order valence-corrected chi connectivity index (χ3v) is 2.34. The summed E-state index contributed by atoms with van der Waals surface area (Å²) < 4.78 is 18.0. The largest absolute Gasteiger partial charge is 0.457 e. The lowest BCUT2D eigenvalue weighted by Gasteiger charge is -2.22. The standard InChI is InChI=1S/C11H11FO2/c12-9-4-1-3-8(7-9)10-5-2-6-11(13)14-10/h1,3-4,7,10H,2,5-6H2. The summed E-state index contributed by atoms with van der Waals surface area (Å²) in [5.41, 5.74) is 0.748. The van der Waals surface area contributed by atoms with E-state index in [0.29, 0.717) is 6.42 Å². The molecular weight excluding hydrogens is 183 g/mol. The van der Waals surface area contributed by atoms with Crippen LogP contribution in [0.5, 0.6) is 0 Å². The molecule has 0 amide bonds. The predicted molar refractivity (Wildman–Crippen MR) is 49.1 cm³/mol. The molecule has 0 saturated carbocycles. The number of esters is 1. The monoisotopic (exact) mass is 194 g/mol. The zero-order valence-electron chi connectivity index (χ0n) is 7.70. The normalized spacial score (nSPS) is 21.8. The minimum atomic E-state index is -0.288. The fourth-order valence-corrected chi connectivity index (χ4v) is 1.65. The molecule has 1 atom stereocenters. The SMILES string of the molecule is O=C1CCCC(c2cccc(F)c2)O1. The molecule has 1 fully saturated rings. The molecule has 14 heavy (non-hydrogen) atoms. The van der Waals surface area contributed by atoms with Crippen molar-refractivity contribution in [3.63, 3.8) is 0 Å². The minimum absolute atomic E-state index is 0.189. The molecular formula is C11H11FO2. The van der Waals surface area contributed by atoms with E-state index >= 15 is 0 Å². The Morgan fingerprint density at radius 1 is 1.43 bits per heavy atom. The Bertz CT molecular complexity index is 349. The molecule has 1 aliphatic rings. The van der Waals surface area contributed by atoms with Crippen molar-refractivity contribution in [2.45, 2.75) is 25.4 Å². The van der Waals surface area contributed by atoms with Crippen LogP contribution in [0.1, 0.15) is 30.9 Å². The number of carbonyl (C=O) groups is 1. The highest BCUT2D eigenvalue weighted by atomic mass is 19.1. The van der Waals surface area contributed by atoms with Gasteiger partial charge in [-0.25, -0.2) is 4.39 Å². The van der Waals surface area contributed by atoms with E-state index in [-0.39, 0.29) is 17.9 Å². The summed E-state index contributed by atoms with van der Waals surface area (Å²) >= 11 is 0. The van der Waals surface area contributed by atoms with Gasteiger partial charge in [0.2, 0.25) is 0 Å². The lowest BCUT2D eigenvalue weighted by molar-refractivity contribution is -0.154. The first kappa shape index (κ1) is 9.19. The first-order chi connectivity index (χ1) is 6.75. The molecule has 74 valence electrons. The summed E-state index contributed by atoms with van der Waals surface area (Å²) in [6.07, 6.45) is 1.83. The Morgan fingerprint density at radius 2 is 2.29 bits per heavy atom. The van der Waals surface area contributed by atoms with Crippen molar-refractivity contribution in [1.82, 2.24) is 0 Å². The fourth-order valence-electron chi connectivity index (χ4n) is 1.65. The first-order valence-corrected chi connectivity index (χ1v) is 4.70. The number of hydrogen-bond donors (Lipinski definition) is 0. The number of rotatable bonds is 1. The van der Waals surface area contributed by atoms with E-state index in [1.54, 1.807) is 12.1 Å². The van der Waals surface area contributed by atoms with Crippen LogP contribution in [0, 0.1) is 5.82 Å². The number of cyclic esters (lactones) is 1. The molecule has 1 saturated heterocycles. The Hall–Kier alpha value is -1.38. The Morgan fingerprint density at radius 3 is 3.00 bits per heavy atom. The fraction of sp³-hybridized carbons (Fsp3) is 0.364. The van der Waals surface area contributed by atoms with Crippen LogP contribution < -0.4 is 0 Å². The van der Waals surface area contributed by atoms with Crippen molar-refractivity contribution in [2.24, 2.45) is 0 Å². The van der Waals surface area contributed by atoms with Crippen LogP contribution in [0.2, 0.25) is 0 Å². The van der Waals surface area contributed by atoms with Crippen molar-refractivity contribution in [3.8, 4) is 0 Å². The van der Waals surface area contributed by atoms with E-state index in [1.807, 2.05) is 0 Å². The van der Waals surface area contributed by atoms with Crippen molar-refractivity contribution in [1.29, 1.82) is 0 Å². The van der Waals surface area contributed by atoms with Crippen LogP contribution >= 0.6 is 0 Å². The van der Waals surface area contributed by atoms with Crippen molar-refractivity contribution < 1.29 is 13.9 Å². The summed E-state index contributed by atoms with van der Waals surface area (Å²) in [5.74, 6) is -0.477. The molecule has 1 aliphatic heterocycles. The maximum atomic E-state index is 12.9. The maximum Gasteiger partial charge on any atom is 0.306 e. The maximum absolute atomic E-state index is 12.9.